The van der Waals surface area contributed by atoms with Gasteiger partial charge in [-0.2, -0.15) is 0 Å². The van der Waals surface area contributed by atoms with Crippen LogP contribution >= 0.6 is 11.6 Å². The minimum atomic E-state index is -0.199. The van der Waals surface area contributed by atoms with Crippen LogP contribution in [0.5, 0.6) is 0 Å². The summed E-state index contributed by atoms with van der Waals surface area (Å²) in [5.74, 6) is -0.235. The first-order chi connectivity index (χ1) is 8.61. The van der Waals surface area contributed by atoms with Crippen molar-refractivity contribution in [3.05, 3.63) is 47.8 Å². The number of alkyl halides is 1. The Morgan fingerprint density at radius 2 is 1.89 bits per heavy atom. The Morgan fingerprint density at radius 3 is 2.50 bits per heavy atom. The number of benzene rings is 1. The number of rotatable bonds is 3. The average molecular weight is 263 g/mol. The van der Waals surface area contributed by atoms with E-state index in [0.717, 1.165) is 22.8 Å². The molecule has 0 radical (unpaired) electrons. The van der Waals surface area contributed by atoms with E-state index >= 15 is 0 Å². The molecule has 1 N–H and O–H groups in total. The maximum Gasteiger partial charge on any atom is 0.239 e. The van der Waals surface area contributed by atoms with Crippen molar-refractivity contribution >= 4 is 23.2 Å². The molecule has 0 unspecified atom stereocenters. The van der Waals surface area contributed by atoms with Gasteiger partial charge in [0.2, 0.25) is 5.91 Å². The Balaban J connectivity index is 2.36. The van der Waals surface area contributed by atoms with Gasteiger partial charge in [0, 0.05) is 22.8 Å². The molecule has 4 heteroatoms. The fourth-order valence-corrected chi connectivity index (χ4v) is 2.06. The van der Waals surface area contributed by atoms with Gasteiger partial charge in [0.1, 0.15) is 5.88 Å². The zero-order chi connectivity index (χ0) is 13.1. The number of hydrogen-bond acceptors (Lipinski definition) is 1. The van der Waals surface area contributed by atoms with E-state index in [1.807, 2.05) is 24.3 Å². The maximum absolute atomic E-state index is 11.3. The van der Waals surface area contributed by atoms with Crippen LogP contribution in [0.15, 0.2) is 36.4 Å². The second-order valence-corrected chi connectivity index (χ2v) is 4.45. The van der Waals surface area contributed by atoms with Gasteiger partial charge >= 0.3 is 0 Å². The normalized spacial score (nSPS) is 10.4. The Bertz CT molecular complexity index is 555. The van der Waals surface area contributed by atoms with Crippen molar-refractivity contribution in [2.24, 2.45) is 0 Å². The molecule has 2 rings (SSSR count). The summed E-state index contributed by atoms with van der Waals surface area (Å²) in [4.78, 5) is 11.3. The molecule has 94 valence electrons. The van der Waals surface area contributed by atoms with Gasteiger partial charge in [0.15, 0.2) is 0 Å². The summed E-state index contributed by atoms with van der Waals surface area (Å²) in [6.45, 7) is 4.11. The Kier molecular flexibility index (Phi) is 3.72. The van der Waals surface area contributed by atoms with Crippen molar-refractivity contribution in [2.45, 2.75) is 13.8 Å². The molecule has 3 nitrogen and oxygen atoms in total. The standard InChI is InChI=1S/C14H15ClN2O/c1-10-6-7-11(2)17(10)13-5-3-4-12(8-13)16-14(18)9-15/h3-8H,9H2,1-2H3,(H,16,18). The van der Waals surface area contributed by atoms with Crippen LogP contribution in [-0.4, -0.2) is 16.4 Å². The smallest absolute Gasteiger partial charge is 0.239 e. The molecule has 0 fully saturated rings. The summed E-state index contributed by atoms with van der Waals surface area (Å²) >= 11 is 5.47. The van der Waals surface area contributed by atoms with Gasteiger partial charge in [0.05, 0.1) is 0 Å². The van der Waals surface area contributed by atoms with Crippen LogP contribution in [0, 0.1) is 13.8 Å². The molecule has 0 aliphatic rings. The highest BCUT2D eigenvalue weighted by Gasteiger charge is 2.05. The summed E-state index contributed by atoms with van der Waals surface area (Å²) in [5, 5.41) is 2.75. The molecule has 0 aliphatic carbocycles. The van der Waals surface area contributed by atoms with Crippen molar-refractivity contribution in [2.75, 3.05) is 11.2 Å². The van der Waals surface area contributed by atoms with E-state index in [9.17, 15) is 4.79 Å². The van der Waals surface area contributed by atoms with Crippen LogP contribution in [-0.2, 0) is 4.79 Å². The zero-order valence-electron chi connectivity index (χ0n) is 10.4. The van der Waals surface area contributed by atoms with E-state index in [0.29, 0.717) is 0 Å². The molecule has 0 bridgehead atoms. The molecule has 1 aromatic heterocycles. The summed E-state index contributed by atoms with van der Waals surface area (Å²) in [5.41, 5.74) is 4.11. The molecule has 0 saturated carbocycles. The molecule has 1 amide bonds. The highest BCUT2D eigenvalue weighted by atomic mass is 35.5. The number of nitrogens with one attached hydrogen (secondary N) is 1. The van der Waals surface area contributed by atoms with Crippen LogP contribution < -0.4 is 5.32 Å². The monoisotopic (exact) mass is 262 g/mol. The lowest BCUT2D eigenvalue weighted by atomic mass is 10.2. The maximum atomic E-state index is 11.3. The van der Waals surface area contributed by atoms with Crippen molar-refractivity contribution < 1.29 is 4.79 Å². The SMILES string of the molecule is Cc1ccc(C)n1-c1cccc(NC(=O)CCl)c1. The van der Waals surface area contributed by atoms with Crippen LogP contribution in [0.25, 0.3) is 5.69 Å². The van der Waals surface area contributed by atoms with Crippen molar-refractivity contribution in [1.29, 1.82) is 0 Å². The third kappa shape index (κ3) is 2.57. The van der Waals surface area contributed by atoms with Gasteiger partial charge in [-0.1, -0.05) is 6.07 Å². The van der Waals surface area contributed by atoms with Crippen molar-refractivity contribution in [3.63, 3.8) is 0 Å². The van der Waals surface area contributed by atoms with E-state index in [-0.39, 0.29) is 11.8 Å². The molecule has 0 atom stereocenters. The van der Waals surface area contributed by atoms with Crippen LogP contribution in [0.3, 0.4) is 0 Å². The van der Waals surface area contributed by atoms with Crippen LogP contribution in [0.4, 0.5) is 5.69 Å². The first-order valence-electron chi connectivity index (χ1n) is 5.73. The second kappa shape index (κ2) is 5.27. The number of carbonyl (C=O) groups excluding carboxylic acids is 1. The fourth-order valence-electron chi connectivity index (χ4n) is 1.99. The van der Waals surface area contributed by atoms with Crippen molar-refractivity contribution in [1.82, 2.24) is 4.57 Å². The quantitative estimate of drug-likeness (QED) is 0.847. The predicted molar refractivity (Wildman–Crippen MR) is 74.6 cm³/mol. The molecule has 18 heavy (non-hydrogen) atoms. The largest absolute Gasteiger partial charge is 0.325 e. The minimum absolute atomic E-state index is 0.0359. The molecular weight excluding hydrogens is 248 g/mol. The lowest BCUT2D eigenvalue weighted by Crippen LogP contribution is -2.12. The number of hydrogen-bond donors (Lipinski definition) is 1. The number of anilines is 1. The lowest BCUT2D eigenvalue weighted by molar-refractivity contribution is -0.113. The highest BCUT2D eigenvalue weighted by Crippen LogP contribution is 2.19. The summed E-state index contributed by atoms with van der Waals surface area (Å²) in [6.07, 6.45) is 0. The Hall–Kier alpha value is -1.74. The minimum Gasteiger partial charge on any atom is -0.325 e. The lowest BCUT2D eigenvalue weighted by Gasteiger charge is -2.11. The van der Waals surface area contributed by atoms with Crippen molar-refractivity contribution in [3.8, 4) is 5.69 Å². The fraction of sp³-hybridized carbons (Fsp3) is 0.214. The summed E-state index contributed by atoms with van der Waals surface area (Å²) in [7, 11) is 0. The summed E-state index contributed by atoms with van der Waals surface area (Å²) < 4.78 is 2.14. The molecular formula is C14H15ClN2O. The average Bonchev–Trinajstić information content (AvgIpc) is 2.69. The number of aryl methyl sites for hydroxylation is 2. The number of amides is 1. The molecule has 1 aromatic carbocycles. The number of halogens is 1. The van der Waals surface area contributed by atoms with Gasteiger partial charge in [-0.05, 0) is 44.2 Å². The molecule has 2 aromatic rings. The van der Waals surface area contributed by atoms with E-state index in [2.05, 4.69) is 35.9 Å². The number of aromatic nitrogens is 1. The zero-order valence-corrected chi connectivity index (χ0v) is 11.2. The highest BCUT2D eigenvalue weighted by molar-refractivity contribution is 6.29. The van der Waals surface area contributed by atoms with Gasteiger partial charge in [-0.25, -0.2) is 0 Å². The van der Waals surface area contributed by atoms with Gasteiger partial charge in [0.25, 0.3) is 0 Å². The molecule has 0 spiro atoms. The van der Waals surface area contributed by atoms with Gasteiger partial charge in [-0.15, -0.1) is 11.6 Å². The first-order valence-corrected chi connectivity index (χ1v) is 6.26. The van der Waals surface area contributed by atoms with E-state index in [1.165, 1.54) is 0 Å². The van der Waals surface area contributed by atoms with E-state index < -0.39 is 0 Å². The van der Waals surface area contributed by atoms with Gasteiger partial charge < -0.3 is 9.88 Å². The van der Waals surface area contributed by atoms with Crippen LogP contribution in [0.1, 0.15) is 11.4 Å². The topological polar surface area (TPSA) is 34.0 Å². The number of nitrogens with zero attached hydrogens (tertiary/aromatic N) is 1. The predicted octanol–water partition coefficient (Wildman–Crippen LogP) is 3.27. The third-order valence-corrected chi connectivity index (χ3v) is 3.02. The Morgan fingerprint density at radius 1 is 1.22 bits per heavy atom. The second-order valence-electron chi connectivity index (χ2n) is 4.18. The molecule has 0 saturated heterocycles. The first kappa shape index (κ1) is 12.7. The van der Waals surface area contributed by atoms with E-state index in [4.69, 9.17) is 11.6 Å². The van der Waals surface area contributed by atoms with Gasteiger partial charge in [-0.3, -0.25) is 4.79 Å². The molecule has 1 heterocycles. The summed E-state index contributed by atoms with van der Waals surface area (Å²) in [6, 6.07) is 11.8. The van der Waals surface area contributed by atoms with E-state index in [1.54, 1.807) is 0 Å². The number of carbonyl (C=O) groups is 1. The molecule has 0 aliphatic heterocycles. The van der Waals surface area contributed by atoms with Crippen LogP contribution in [0.2, 0.25) is 0 Å². The Labute approximate surface area is 111 Å². The third-order valence-electron chi connectivity index (χ3n) is 2.78.